The van der Waals surface area contributed by atoms with E-state index >= 15 is 0 Å². The molecule has 130 valence electrons. The van der Waals surface area contributed by atoms with Crippen molar-refractivity contribution in [3.05, 3.63) is 58.7 Å². The first-order valence-corrected chi connectivity index (χ1v) is 8.75. The predicted octanol–water partition coefficient (Wildman–Crippen LogP) is 4.38. The van der Waals surface area contributed by atoms with Crippen LogP contribution in [0.4, 0.5) is 11.4 Å². The fourth-order valence-electron chi connectivity index (χ4n) is 3.31. The number of hydrogen-bond acceptors (Lipinski definition) is 2. The number of nitrogens with zero attached hydrogens (tertiary/aromatic N) is 1. The molecule has 1 saturated heterocycles. The molecule has 3 rings (SSSR count). The molecule has 25 heavy (non-hydrogen) atoms. The molecule has 0 unspecified atom stereocenters. The molecule has 0 radical (unpaired) electrons. The molecule has 2 aromatic rings. The van der Waals surface area contributed by atoms with E-state index in [9.17, 15) is 9.59 Å². The topological polar surface area (TPSA) is 49.4 Å². The van der Waals surface area contributed by atoms with Crippen molar-refractivity contribution in [2.24, 2.45) is 0 Å². The van der Waals surface area contributed by atoms with E-state index in [1.54, 1.807) is 0 Å². The van der Waals surface area contributed by atoms with Gasteiger partial charge in [-0.1, -0.05) is 23.8 Å². The van der Waals surface area contributed by atoms with Gasteiger partial charge in [0.05, 0.1) is 0 Å². The molecule has 1 aliphatic heterocycles. The molecule has 1 heterocycles. The predicted molar refractivity (Wildman–Crippen MR) is 101 cm³/mol. The molecule has 2 amide bonds. The van der Waals surface area contributed by atoms with Crippen molar-refractivity contribution in [1.29, 1.82) is 0 Å². The number of hydrogen-bond donors (Lipinski definition) is 1. The van der Waals surface area contributed by atoms with Gasteiger partial charge in [0.2, 0.25) is 5.91 Å². The minimum atomic E-state index is -0.128. The number of benzene rings is 2. The SMILES string of the molecule is Cc1ccc(C(=O)Nc2ccc(C)c(N3CCCCC3=O)c2)c(C)c1. The molecule has 2 aromatic carbocycles. The lowest BCUT2D eigenvalue weighted by Crippen LogP contribution is -2.35. The Kier molecular flexibility index (Phi) is 4.88. The number of amides is 2. The van der Waals surface area contributed by atoms with Crippen LogP contribution in [0.3, 0.4) is 0 Å². The molecule has 1 fully saturated rings. The molecule has 1 aliphatic rings. The van der Waals surface area contributed by atoms with Gasteiger partial charge in [0.15, 0.2) is 0 Å². The van der Waals surface area contributed by atoms with E-state index in [2.05, 4.69) is 5.32 Å². The van der Waals surface area contributed by atoms with Crippen molar-refractivity contribution in [2.75, 3.05) is 16.8 Å². The zero-order valence-electron chi connectivity index (χ0n) is 15.1. The Hall–Kier alpha value is -2.62. The number of anilines is 2. The van der Waals surface area contributed by atoms with Crippen LogP contribution in [0.15, 0.2) is 36.4 Å². The first kappa shape index (κ1) is 17.2. The molecule has 0 bridgehead atoms. The van der Waals surface area contributed by atoms with Crippen molar-refractivity contribution in [3.8, 4) is 0 Å². The van der Waals surface area contributed by atoms with Gasteiger partial charge in [-0.15, -0.1) is 0 Å². The molecular formula is C21H24N2O2. The van der Waals surface area contributed by atoms with Crippen LogP contribution >= 0.6 is 0 Å². The summed E-state index contributed by atoms with van der Waals surface area (Å²) in [6, 6.07) is 11.5. The van der Waals surface area contributed by atoms with Crippen molar-refractivity contribution >= 4 is 23.2 Å². The summed E-state index contributed by atoms with van der Waals surface area (Å²) >= 11 is 0. The smallest absolute Gasteiger partial charge is 0.255 e. The number of piperidine rings is 1. The summed E-state index contributed by atoms with van der Waals surface area (Å²) in [6.07, 6.45) is 2.57. The van der Waals surface area contributed by atoms with Gasteiger partial charge in [0.25, 0.3) is 5.91 Å². The van der Waals surface area contributed by atoms with Gasteiger partial charge < -0.3 is 10.2 Å². The highest BCUT2D eigenvalue weighted by Crippen LogP contribution is 2.28. The van der Waals surface area contributed by atoms with Crippen LogP contribution in [-0.2, 0) is 4.79 Å². The van der Waals surface area contributed by atoms with E-state index in [4.69, 9.17) is 0 Å². The van der Waals surface area contributed by atoms with E-state index in [-0.39, 0.29) is 11.8 Å². The number of rotatable bonds is 3. The van der Waals surface area contributed by atoms with Crippen molar-refractivity contribution < 1.29 is 9.59 Å². The summed E-state index contributed by atoms with van der Waals surface area (Å²) in [7, 11) is 0. The third-order valence-electron chi connectivity index (χ3n) is 4.71. The Morgan fingerprint density at radius 1 is 1.00 bits per heavy atom. The number of carbonyl (C=O) groups is 2. The molecule has 0 atom stereocenters. The second-order valence-electron chi connectivity index (χ2n) is 6.78. The second-order valence-corrected chi connectivity index (χ2v) is 6.78. The Bertz CT molecular complexity index is 827. The van der Waals surface area contributed by atoms with E-state index in [1.807, 2.05) is 62.1 Å². The largest absolute Gasteiger partial charge is 0.322 e. The molecule has 1 N–H and O–H groups in total. The maximum atomic E-state index is 12.6. The standard InChI is InChI=1S/C21H24N2O2/c1-14-7-10-18(16(3)12-14)21(25)22-17-9-8-15(2)19(13-17)23-11-5-4-6-20(23)24/h7-10,12-13H,4-6,11H2,1-3H3,(H,22,25). The molecule has 4 heteroatoms. The van der Waals surface area contributed by atoms with Crippen LogP contribution in [-0.4, -0.2) is 18.4 Å². The number of aryl methyl sites for hydroxylation is 3. The van der Waals surface area contributed by atoms with Gasteiger partial charge >= 0.3 is 0 Å². The Morgan fingerprint density at radius 2 is 1.80 bits per heavy atom. The average Bonchev–Trinajstić information content (AvgIpc) is 2.57. The third-order valence-corrected chi connectivity index (χ3v) is 4.71. The molecule has 0 aliphatic carbocycles. The molecule has 4 nitrogen and oxygen atoms in total. The molecule has 0 saturated carbocycles. The first-order valence-electron chi connectivity index (χ1n) is 8.75. The van der Waals surface area contributed by atoms with Gasteiger partial charge in [-0.3, -0.25) is 9.59 Å². The van der Waals surface area contributed by atoms with Gasteiger partial charge in [-0.05, 0) is 62.9 Å². The van der Waals surface area contributed by atoms with E-state index < -0.39 is 0 Å². The summed E-state index contributed by atoms with van der Waals surface area (Å²) in [4.78, 5) is 26.6. The zero-order valence-corrected chi connectivity index (χ0v) is 15.1. The minimum Gasteiger partial charge on any atom is -0.322 e. The average molecular weight is 336 g/mol. The highest BCUT2D eigenvalue weighted by atomic mass is 16.2. The van der Waals surface area contributed by atoms with Crippen LogP contribution in [0, 0.1) is 20.8 Å². The Morgan fingerprint density at radius 3 is 2.52 bits per heavy atom. The van der Waals surface area contributed by atoms with Gasteiger partial charge in [-0.25, -0.2) is 0 Å². The van der Waals surface area contributed by atoms with E-state index in [1.165, 1.54) is 0 Å². The quantitative estimate of drug-likeness (QED) is 0.904. The van der Waals surface area contributed by atoms with E-state index in [0.29, 0.717) is 17.7 Å². The maximum Gasteiger partial charge on any atom is 0.255 e. The normalized spacial score (nSPS) is 14.5. The molecule has 0 aromatic heterocycles. The molecule has 0 spiro atoms. The lowest BCUT2D eigenvalue weighted by molar-refractivity contribution is -0.119. The van der Waals surface area contributed by atoms with Crippen LogP contribution in [0.1, 0.15) is 46.3 Å². The van der Waals surface area contributed by atoms with Crippen molar-refractivity contribution in [2.45, 2.75) is 40.0 Å². The Balaban J connectivity index is 1.84. The van der Waals surface area contributed by atoms with E-state index in [0.717, 1.165) is 41.8 Å². The summed E-state index contributed by atoms with van der Waals surface area (Å²) in [5, 5.41) is 2.96. The van der Waals surface area contributed by atoms with Crippen LogP contribution in [0.5, 0.6) is 0 Å². The van der Waals surface area contributed by atoms with Crippen LogP contribution in [0.25, 0.3) is 0 Å². The summed E-state index contributed by atoms with van der Waals surface area (Å²) < 4.78 is 0. The highest BCUT2D eigenvalue weighted by molar-refractivity contribution is 6.06. The van der Waals surface area contributed by atoms with Crippen LogP contribution < -0.4 is 10.2 Å². The fraction of sp³-hybridized carbons (Fsp3) is 0.333. The van der Waals surface area contributed by atoms with Gasteiger partial charge in [-0.2, -0.15) is 0 Å². The number of carbonyl (C=O) groups excluding carboxylic acids is 2. The lowest BCUT2D eigenvalue weighted by Gasteiger charge is -2.28. The summed E-state index contributed by atoms with van der Waals surface area (Å²) in [5.41, 5.74) is 5.40. The summed E-state index contributed by atoms with van der Waals surface area (Å²) in [6.45, 7) is 6.69. The monoisotopic (exact) mass is 336 g/mol. The van der Waals surface area contributed by atoms with Crippen LogP contribution in [0.2, 0.25) is 0 Å². The maximum absolute atomic E-state index is 12.6. The zero-order chi connectivity index (χ0) is 18.0. The van der Waals surface area contributed by atoms with Crippen molar-refractivity contribution in [3.63, 3.8) is 0 Å². The summed E-state index contributed by atoms with van der Waals surface area (Å²) in [5.74, 6) is 0.0319. The minimum absolute atomic E-state index is 0.128. The number of nitrogens with one attached hydrogen (secondary N) is 1. The third kappa shape index (κ3) is 3.73. The van der Waals surface area contributed by atoms with Crippen molar-refractivity contribution in [1.82, 2.24) is 0 Å². The lowest BCUT2D eigenvalue weighted by atomic mass is 10.0. The van der Waals surface area contributed by atoms with Gasteiger partial charge in [0.1, 0.15) is 0 Å². The second kappa shape index (κ2) is 7.09. The Labute approximate surface area is 148 Å². The van der Waals surface area contributed by atoms with Gasteiger partial charge in [0, 0.05) is 29.9 Å². The highest BCUT2D eigenvalue weighted by Gasteiger charge is 2.21. The first-order chi connectivity index (χ1) is 12.0. The molecular weight excluding hydrogens is 312 g/mol. The fourth-order valence-corrected chi connectivity index (χ4v) is 3.31.